The van der Waals surface area contributed by atoms with Crippen LogP contribution in [-0.2, 0) is 6.61 Å². The van der Waals surface area contributed by atoms with Crippen molar-refractivity contribution in [3.63, 3.8) is 0 Å². The number of hydrogen-bond acceptors (Lipinski definition) is 3. The van der Waals surface area contributed by atoms with Gasteiger partial charge in [-0.15, -0.1) is 0 Å². The van der Waals surface area contributed by atoms with Crippen molar-refractivity contribution in [2.45, 2.75) is 6.61 Å². The first-order valence-corrected chi connectivity index (χ1v) is 5.61. The Morgan fingerprint density at radius 3 is 2.88 bits per heavy atom. The molecule has 2 aromatic rings. The molecule has 0 radical (unpaired) electrons. The summed E-state index contributed by atoms with van der Waals surface area (Å²) in [6.45, 7) is 0.505. The second-order valence-electron chi connectivity index (χ2n) is 3.37. The van der Waals surface area contributed by atoms with Crippen molar-refractivity contribution in [2.24, 2.45) is 0 Å². The van der Waals surface area contributed by atoms with Crippen LogP contribution in [0.4, 0.5) is 5.69 Å². The Labute approximate surface area is 102 Å². The molecule has 1 aromatic heterocycles. The van der Waals surface area contributed by atoms with Gasteiger partial charge in [-0.2, -0.15) is 0 Å². The number of pyridine rings is 1. The minimum atomic E-state index is 0.505. The van der Waals surface area contributed by atoms with E-state index < -0.39 is 0 Å². The summed E-state index contributed by atoms with van der Waals surface area (Å²) < 4.78 is 6.61. The van der Waals surface area contributed by atoms with Gasteiger partial charge in [0.2, 0.25) is 0 Å². The van der Waals surface area contributed by atoms with E-state index in [-0.39, 0.29) is 0 Å². The molecule has 82 valence electrons. The van der Waals surface area contributed by atoms with Gasteiger partial charge in [0.15, 0.2) is 0 Å². The van der Waals surface area contributed by atoms with Gasteiger partial charge < -0.3 is 10.5 Å². The van der Waals surface area contributed by atoms with Crippen LogP contribution in [0.5, 0.6) is 5.75 Å². The van der Waals surface area contributed by atoms with Gasteiger partial charge in [0.05, 0.1) is 18.1 Å². The van der Waals surface area contributed by atoms with Crippen LogP contribution >= 0.6 is 15.9 Å². The van der Waals surface area contributed by atoms with E-state index in [1.165, 1.54) is 0 Å². The minimum Gasteiger partial charge on any atom is -0.487 e. The smallest absolute Gasteiger partial charge is 0.140 e. The Balaban J connectivity index is 2.02. The minimum absolute atomic E-state index is 0.505. The predicted octanol–water partition coefficient (Wildman–Crippen LogP) is 3.01. The maximum Gasteiger partial charge on any atom is 0.140 e. The molecule has 2 N–H and O–H groups in total. The van der Waals surface area contributed by atoms with Crippen LogP contribution in [0.15, 0.2) is 47.2 Å². The molecule has 1 heterocycles. The van der Waals surface area contributed by atoms with Gasteiger partial charge in [-0.25, -0.2) is 0 Å². The zero-order chi connectivity index (χ0) is 11.4. The normalized spacial score (nSPS) is 10.1. The first kappa shape index (κ1) is 11.0. The molecule has 0 saturated heterocycles. The van der Waals surface area contributed by atoms with Crippen molar-refractivity contribution < 1.29 is 4.74 Å². The van der Waals surface area contributed by atoms with E-state index in [0.717, 1.165) is 10.0 Å². The lowest BCUT2D eigenvalue weighted by Crippen LogP contribution is -1.96. The molecular formula is C12H11BrN2O. The fraction of sp³-hybridized carbons (Fsp3) is 0.0833. The summed E-state index contributed by atoms with van der Waals surface area (Å²) in [6, 6.07) is 9.72. The van der Waals surface area contributed by atoms with Gasteiger partial charge >= 0.3 is 0 Å². The van der Waals surface area contributed by atoms with Crippen molar-refractivity contribution in [3.8, 4) is 5.75 Å². The van der Waals surface area contributed by atoms with E-state index in [9.17, 15) is 0 Å². The quantitative estimate of drug-likeness (QED) is 0.939. The third-order valence-corrected chi connectivity index (χ3v) is 2.52. The van der Waals surface area contributed by atoms with Crippen molar-refractivity contribution in [1.29, 1.82) is 0 Å². The summed E-state index contributed by atoms with van der Waals surface area (Å²) in [5.74, 6) is 0.681. The molecule has 0 aliphatic rings. The molecule has 0 unspecified atom stereocenters. The Morgan fingerprint density at radius 1 is 1.25 bits per heavy atom. The van der Waals surface area contributed by atoms with Gasteiger partial charge in [-0.05, 0) is 17.7 Å². The summed E-state index contributed by atoms with van der Waals surface area (Å²) >= 11 is 3.41. The lowest BCUT2D eigenvalue weighted by atomic mass is 10.2. The van der Waals surface area contributed by atoms with Crippen molar-refractivity contribution in [1.82, 2.24) is 4.98 Å². The number of ether oxygens (including phenoxy) is 1. The van der Waals surface area contributed by atoms with E-state index in [1.54, 1.807) is 18.5 Å². The highest BCUT2D eigenvalue weighted by molar-refractivity contribution is 9.10. The molecule has 0 aliphatic carbocycles. The number of halogens is 1. The topological polar surface area (TPSA) is 48.1 Å². The SMILES string of the molecule is Nc1cncc(OCc2cccc(Br)c2)c1. The monoisotopic (exact) mass is 278 g/mol. The third kappa shape index (κ3) is 2.97. The average molecular weight is 279 g/mol. The van der Waals surface area contributed by atoms with Crippen LogP contribution in [0.25, 0.3) is 0 Å². The van der Waals surface area contributed by atoms with Gasteiger partial charge in [0.25, 0.3) is 0 Å². The fourth-order valence-corrected chi connectivity index (χ4v) is 1.75. The summed E-state index contributed by atoms with van der Waals surface area (Å²) in [5, 5.41) is 0. The van der Waals surface area contributed by atoms with Crippen molar-refractivity contribution in [3.05, 3.63) is 52.8 Å². The van der Waals surface area contributed by atoms with Crippen LogP contribution in [-0.4, -0.2) is 4.98 Å². The van der Waals surface area contributed by atoms with Crippen LogP contribution in [0.3, 0.4) is 0 Å². The molecule has 0 bridgehead atoms. The molecule has 0 fully saturated rings. The summed E-state index contributed by atoms with van der Waals surface area (Å²) in [7, 11) is 0. The molecular weight excluding hydrogens is 268 g/mol. The average Bonchev–Trinajstić information content (AvgIpc) is 2.27. The zero-order valence-electron chi connectivity index (χ0n) is 8.56. The van der Waals surface area contributed by atoms with E-state index in [1.807, 2.05) is 24.3 Å². The number of anilines is 1. The van der Waals surface area contributed by atoms with E-state index >= 15 is 0 Å². The number of benzene rings is 1. The standard InChI is InChI=1S/C12H11BrN2O/c13-10-3-1-2-9(4-10)8-16-12-5-11(14)6-15-7-12/h1-7H,8,14H2. The number of nitrogens with zero attached hydrogens (tertiary/aromatic N) is 1. The summed E-state index contributed by atoms with van der Waals surface area (Å²) in [6.07, 6.45) is 3.24. The van der Waals surface area contributed by atoms with E-state index in [4.69, 9.17) is 10.5 Å². The Morgan fingerprint density at radius 2 is 2.12 bits per heavy atom. The first-order chi connectivity index (χ1) is 7.74. The fourth-order valence-electron chi connectivity index (χ4n) is 1.31. The van der Waals surface area contributed by atoms with E-state index in [2.05, 4.69) is 20.9 Å². The third-order valence-electron chi connectivity index (χ3n) is 2.03. The predicted molar refractivity (Wildman–Crippen MR) is 67.1 cm³/mol. The van der Waals surface area contributed by atoms with Gasteiger partial charge in [0.1, 0.15) is 12.4 Å². The summed E-state index contributed by atoms with van der Waals surface area (Å²) in [4.78, 5) is 3.95. The zero-order valence-corrected chi connectivity index (χ0v) is 10.1. The number of hydrogen-bond donors (Lipinski definition) is 1. The Kier molecular flexibility index (Phi) is 3.41. The van der Waals surface area contributed by atoms with Gasteiger partial charge in [-0.1, -0.05) is 28.1 Å². The van der Waals surface area contributed by atoms with Gasteiger partial charge in [0, 0.05) is 10.5 Å². The van der Waals surface area contributed by atoms with Crippen LogP contribution in [0.1, 0.15) is 5.56 Å². The molecule has 0 spiro atoms. The second-order valence-corrected chi connectivity index (χ2v) is 4.29. The van der Waals surface area contributed by atoms with Gasteiger partial charge in [-0.3, -0.25) is 4.98 Å². The molecule has 0 atom stereocenters. The van der Waals surface area contributed by atoms with Crippen LogP contribution in [0.2, 0.25) is 0 Å². The largest absolute Gasteiger partial charge is 0.487 e. The van der Waals surface area contributed by atoms with Crippen LogP contribution in [0, 0.1) is 0 Å². The molecule has 2 rings (SSSR count). The number of nitrogen functional groups attached to an aromatic ring is 1. The molecule has 1 aromatic carbocycles. The molecule has 0 amide bonds. The lowest BCUT2D eigenvalue weighted by Gasteiger charge is -2.06. The second kappa shape index (κ2) is 4.99. The van der Waals surface area contributed by atoms with Crippen LogP contribution < -0.4 is 10.5 Å². The molecule has 0 aliphatic heterocycles. The molecule has 4 heteroatoms. The maximum atomic E-state index is 5.60. The first-order valence-electron chi connectivity index (χ1n) is 4.82. The highest BCUT2D eigenvalue weighted by Crippen LogP contribution is 2.16. The molecule has 3 nitrogen and oxygen atoms in total. The molecule has 0 saturated carbocycles. The van der Waals surface area contributed by atoms with E-state index in [0.29, 0.717) is 18.0 Å². The van der Waals surface area contributed by atoms with Crippen molar-refractivity contribution in [2.75, 3.05) is 5.73 Å². The Bertz CT molecular complexity index is 442. The highest BCUT2D eigenvalue weighted by Gasteiger charge is 1.97. The maximum absolute atomic E-state index is 5.60. The lowest BCUT2D eigenvalue weighted by molar-refractivity contribution is 0.305. The number of nitrogens with two attached hydrogens (primary N) is 1. The summed E-state index contributed by atoms with van der Waals surface area (Å²) in [5.41, 5.74) is 7.30. The van der Waals surface area contributed by atoms with Crippen molar-refractivity contribution >= 4 is 21.6 Å². The molecule has 16 heavy (non-hydrogen) atoms. The highest BCUT2D eigenvalue weighted by atomic mass is 79.9. The number of rotatable bonds is 3. The Hall–Kier alpha value is -1.55. The number of aromatic nitrogens is 1.